The molecule has 0 aliphatic heterocycles. The highest BCUT2D eigenvalue weighted by Gasteiger charge is 2.11. The Morgan fingerprint density at radius 1 is 1.56 bits per heavy atom. The summed E-state index contributed by atoms with van der Waals surface area (Å²) >= 11 is 0. The Bertz CT molecular complexity index is 432. The van der Waals surface area contributed by atoms with Crippen LogP contribution in [-0.4, -0.2) is 23.6 Å². The quantitative estimate of drug-likeness (QED) is 0.640. The first kappa shape index (κ1) is 14.0. The molecule has 1 unspecified atom stereocenters. The van der Waals surface area contributed by atoms with Gasteiger partial charge in [0.05, 0.1) is 18.2 Å². The second-order valence-corrected chi connectivity index (χ2v) is 4.19. The van der Waals surface area contributed by atoms with Crippen LogP contribution in [0.2, 0.25) is 0 Å². The van der Waals surface area contributed by atoms with E-state index < -0.39 is 0 Å². The molecule has 0 radical (unpaired) electrons. The highest BCUT2D eigenvalue weighted by atomic mass is 16.5. The lowest BCUT2D eigenvalue weighted by atomic mass is 10.1. The van der Waals surface area contributed by atoms with Crippen LogP contribution in [0.5, 0.6) is 0 Å². The van der Waals surface area contributed by atoms with Gasteiger partial charge in [-0.05, 0) is 25.0 Å². The fourth-order valence-electron chi connectivity index (χ4n) is 1.37. The van der Waals surface area contributed by atoms with Crippen LogP contribution in [0.1, 0.15) is 31.1 Å². The van der Waals surface area contributed by atoms with E-state index in [0.29, 0.717) is 23.9 Å². The molecule has 1 aromatic heterocycles. The summed E-state index contributed by atoms with van der Waals surface area (Å²) in [6.45, 7) is 6.18. The Hall–Kier alpha value is -2.02. The van der Waals surface area contributed by atoms with Crippen molar-refractivity contribution in [1.29, 1.82) is 0 Å². The second-order valence-electron chi connectivity index (χ2n) is 4.19. The number of carbonyl (C=O) groups excluding carboxylic acids is 1. The molecular formula is C14H18N2O2. The van der Waals surface area contributed by atoms with Crippen LogP contribution in [0, 0.1) is 18.3 Å². The minimum absolute atomic E-state index is 0.0778. The third-order valence-electron chi connectivity index (χ3n) is 2.42. The molecule has 0 saturated carbocycles. The Balaban J connectivity index is 2.72. The van der Waals surface area contributed by atoms with Crippen molar-refractivity contribution in [3.8, 4) is 12.3 Å². The molecule has 96 valence electrons. The number of pyridine rings is 1. The monoisotopic (exact) mass is 246 g/mol. The first-order valence-electron chi connectivity index (χ1n) is 5.94. The van der Waals surface area contributed by atoms with Gasteiger partial charge >= 0.3 is 5.97 Å². The van der Waals surface area contributed by atoms with Crippen LogP contribution in [0.4, 0.5) is 5.82 Å². The number of rotatable bonds is 5. The van der Waals surface area contributed by atoms with E-state index in [9.17, 15) is 4.79 Å². The fraction of sp³-hybridized carbons (Fsp3) is 0.429. The van der Waals surface area contributed by atoms with E-state index >= 15 is 0 Å². The summed E-state index contributed by atoms with van der Waals surface area (Å²) in [6, 6.07) is 3.31. The molecule has 0 aliphatic carbocycles. The lowest BCUT2D eigenvalue weighted by Crippen LogP contribution is -2.24. The lowest BCUT2D eigenvalue weighted by Gasteiger charge is -2.17. The van der Waals surface area contributed by atoms with E-state index in [2.05, 4.69) is 16.2 Å². The minimum Gasteiger partial charge on any atom is -0.462 e. The zero-order valence-corrected chi connectivity index (χ0v) is 10.9. The van der Waals surface area contributed by atoms with E-state index in [-0.39, 0.29) is 12.0 Å². The number of hydrogen-bond donors (Lipinski definition) is 1. The number of hydrogen-bond acceptors (Lipinski definition) is 4. The molecule has 0 amide bonds. The van der Waals surface area contributed by atoms with Crippen molar-refractivity contribution in [2.24, 2.45) is 5.92 Å². The summed E-state index contributed by atoms with van der Waals surface area (Å²) in [5.74, 6) is 3.26. The van der Waals surface area contributed by atoms with Crippen molar-refractivity contribution < 1.29 is 9.53 Å². The Kier molecular flexibility index (Phi) is 5.19. The topological polar surface area (TPSA) is 51.2 Å². The zero-order chi connectivity index (χ0) is 13.5. The third kappa shape index (κ3) is 3.77. The SMILES string of the molecule is C#CC(Nc1ccc(C(=O)OCC)cn1)C(C)C. The molecule has 0 saturated heterocycles. The average Bonchev–Trinajstić information content (AvgIpc) is 2.36. The van der Waals surface area contributed by atoms with Gasteiger partial charge in [0.15, 0.2) is 0 Å². The normalized spacial score (nSPS) is 11.7. The van der Waals surface area contributed by atoms with Gasteiger partial charge in [-0.1, -0.05) is 19.8 Å². The number of anilines is 1. The van der Waals surface area contributed by atoms with Crippen molar-refractivity contribution in [3.63, 3.8) is 0 Å². The number of carbonyl (C=O) groups is 1. The maximum atomic E-state index is 11.4. The molecule has 0 aromatic carbocycles. The van der Waals surface area contributed by atoms with Crippen molar-refractivity contribution in [2.75, 3.05) is 11.9 Å². The Morgan fingerprint density at radius 2 is 2.28 bits per heavy atom. The van der Waals surface area contributed by atoms with Gasteiger partial charge in [-0.3, -0.25) is 0 Å². The molecule has 1 atom stereocenters. The summed E-state index contributed by atoms with van der Waals surface area (Å²) in [6.07, 6.45) is 6.91. The highest BCUT2D eigenvalue weighted by molar-refractivity contribution is 5.89. The highest BCUT2D eigenvalue weighted by Crippen LogP contribution is 2.11. The summed E-state index contributed by atoms with van der Waals surface area (Å²) < 4.78 is 4.88. The molecule has 18 heavy (non-hydrogen) atoms. The van der Waals surface area contributed by atoms with Crippen LogP contribution in [0.3, 0.4) is 0 Å². The number of ether oxygens (including phenoxy) is 1. The summed E-state index contributed by atoms with van der Waals surface area (Å²) in [5, 5.41) is 3.13. The van der Waals surface area contributed by atoms with Gasteiger partial charge in [0.2, 0.25) is 0 Å². The predicted octanol–water partition coefficient (Wildman–Crippen LogP) is 2.33. The molecule has 1 heterocycles. The number of nitrogens with one attached hydrogen (secondary N) is 1. The van der Waals surface area contributed by atoms with E-state index in [0.717, 1.165) is 0 Å². The van der Waals surface area contributed by atoms with Crippen LogP contribution < -0.4 is 5.32 Å². The van der Waals surface area contributed by atoms with E-state index in [1.165, 1.54) is 6.20 Å². The van der Waals surface area contributed by atoms with Crippen LogP contribution in [-0.2, 0) is 4.74 Å². The van der Waals surface area contributed by atoms with Crippen LogP contribution in [0.25, 0.3) is 0 Å². The van der Waals surface area contributed by atoms with Crippen LogP contribution >= 0.6 is 0 Å². The van der Waals surface area contributed by atoms with Crippen molar-refractivity contribution in [1.82, 2.24) is 4.98 Å². The smallest absolute Gasteiger partial charge is 0.339 e. The van der Waals surface area contributed by atoms with Crippen molar-refractivity contribution in [3.05, 3.63) is 23.9 Å². The number of aromatic nitrogens is 1. The molecule has 1 aromatic rings. The maximum absolute atomic E-state index is 11.4. The molecule has 4 heteroatoms. The first-order valence-corrected chi connectivity index (χ1v) is 5.94. The number of nitrogens with zero attached hydrogens (tertiary/aromatic N) is 1. The largest absolute Gasteiger partial charge is 0.462 e. The van der Waals surface area contributed by atoms with Crippen LogP contribution in [0.15, 0.2) is 18.3 Å². The standard InChI is InChI=1S/C14H18N2O2/c1-5-12(10(3)4)16-13-8-7-11(9-15-13)14(17)18-6-2/h1,7-10,12H,6H2,2-4H3,(H,15,16). The van der Waals surface area contributed by atoms with Crippen molar-refractivity contribution >= 4 is 11.8 Å². The maximum Gasteiger partial charge on any atom is 0.339 e. The first-order chi connectivity index (χ1) is 8.58. The zero-order valence-electron chi connectivity index (χ0n) is 10.9. The van der Waals surface area contributed by atoms with Crippen molar-refractivity contribution in [2.45, 2.75) is 26.8 Å². The number of esters is 1. The summed E-state index contributed by atoms with van der Waals surface area (Å²) in [7, 11) is 0. The second kappa shape index (κ2) is 6.65. The average molecular weight is 246 g/mol. The molecule has 0 bridgehead atoms. The predicted molar refractivity (Wildman–Crippen MR) is 71.3 cm³/mol. The third-order valence-corrected chi connectivity index (χ3v) is 2.42. The molecule has 1 rings (SSSR count). The minimum atomic E-state index is -0.367. The fourth-order valence-corrected chi connectivity index (χ4v) is 1.37. The van der Waals surface area contributed by atoms with Gasteiger partial charge in [-0.2, -0.15) is 0 Å². The molecule has 0 fully saturated rings. The van der Waals surface area contributed by atoms with Gasteiger partial charge < -0.3 is 10.1 Å². The van der Waals surface area contributed by atoms with Gasteiger partial charge in [0, 0.05) is 6.20 Å². The van der Waals surface area contributed by atoms with Gasteiger partial charge in [-0.25, -0.2) is 9.78 Å². The molecular weight excluding hydrogens is 228 g/mol. The molecule has 1 N–H and O–H groups in total. The summed E-state index contributed by atoms with van der Waals surface area (Å²) in [5.41, 5.74) is 0.434. The van der Waals surface area contributed by atoms with Gasteiger partial charge in [0.25, 0.3) is 0 Å². The van der Waals surface area contributed by atoms with E-state index in [1.54, 1.807) is 19.1 Å². The molecule has 0 spiro atoms. The van der Waals surface area contributed by atoms with Gasteiger partial charge in [0.1, 0.15) is 5.82 Å². The Labute approximate surface area is 108 Å². The van der Waals surface area contributed by atoms with E-state index in [1.807, 2.05) is 13.8 Å². The molecule has 4 nitrogen and oxygen atoms in total. The Morgan fingerprint density at radius 3 is 2.72 bits per heavy atom. The summed E-state index contributed by atoms with van der Waals surface area (Å²) in [4.78, 5) is 15.6. The lowest BCUT2D eigenvalue weighted by molar-refractivity contribution is 0.0526. The van der Waals surface area contributed by atoms with E-state index in [4.69, 9.17) is 11.2 Å². The molecule has 0 aliphatic rings. The van der Waals surface area contributed by atoms with Gasteiger partial charge in [-0.15, -0.1) is 6.42 Å². The number of terminal acetylenes is 1.